The van der Waals surface area contributed by atoms with Crippen LogP contribution in [-0.2, 0) is 0 Å². The Bertz CT molecular complexity index is 465. The van der Waals surface area contributed by atoms with Crippen LogP contribution in [-0.4, -0.2) is 0 Å². The standard InChI is InChI=1S/C26H46/c1-5-6-19-8-12-22-20(17-19)9-13-24-23(22)15-16-26(4)21(10-7-18(2)3)11-14-25(24)26/h18-25H,5-17H2,1-4H3. The van der Waals surface area contributed by atoms with Gasteiger partial charge in [0, 0.05) is 0 Å². The van der Waals surface area contributed by atoms with Crippen molar-refractivity contribution >= 4 is 0 Å². The van der Waals surface area contributed by atoms with Gasteiger partial charge in [0.1, 0.15) is 0 Å². The number of rotatable bonds is 5. The van der Waals surface area contributed by atoms with Crippen LogP contribution in [0, 0.1) is 52.8 Å². The first kappa shape index (κ1) is 19.3. The van der Waals surface area contributed by atoms with Crippen molar-refractivity contribution in [3.05, 3.63) is 0 Å². The molecule has 4 aliphatic carbocycles. The monoisotopic (exact) mass is 358 g/mol. The number of hydrogen-bond donors (Lipinski definition) is 0. The highest BCUT2D eigenvalue weighted by Crippen LogP contribution is 2.65. The van der Waals surface area contributed by atoms with Crippen molar-refractivity contribution in [2.75, 3.05) is 0 Å². The summed E-state index contributed by atoms with van der Waals surface area (Å²) in [6.45, 7) is 9.96. The van der Waals surface area contributed by atoms with Crippen LogP contribution in [0.1, 0.15) is 111 Å². The molecule has 8 atom stereocenters. The Morgan fingerprint density at radius 2 is 1.65 bits per heavy atom. The zero-order valence-corrected chi connectivity index (χ0v) is 18.3. The van der Waals surface area contributed by atoms with E-state index in [1.165, 1.54) is 25.7 Å². The van der Waals surface area contributed by atoms with Gasteiger partial charge >= 0.3 is 0 Å². The molecule has 0 bridgehead atoms. The van der Waals surface area contributed by atoms with Crippen molar-refractivity contribution in [1.29, 1.82) is 0 Å². The van der Waals surface area contributed by atoms with E-state index in [2.05, 4.69) is 27.7 Å². The lowest BCUT2D eigenvalue weighted by Crippen LogP contribution is -2.48. The first-order chi connectivity index (χ1) is 12.5. The van der Waals surface area contributed by atoms with Gasteiger partial charge in [0.05, 0.1) is 0 Å². The molecule has 0 radical (unpaired) electrons. The molecule has 4 saturated carbocycles. The Labute approximate surface area is 164 Å². The van der Waals surface area contributed by atoms with Crippen LogP contribution in [0.25, 0.3) is 0 Å². The van der Waals surface area contributed by atoms with Crippen molar-refractivity contribution in [3.63, 3.8) is 0 Å². The maximum Gasteiger partial charge on any atom is -0.0266 e. The molecule has 4 rings (SSSR count). The van der Waals surface area contributed by atoms with Crippen molar-refractivity contribution in [2.45, 2.75) is 111 Å². The first-order valence-corrected chi connectivity index (χ1v) is 12.5. The maximum absolute atomic E-state index is 2.73. The molecule has 150 valence electrons. The van der Waals surface area contributed by atoms with Crippen LogP contribution in [0.4, 0.5) is 0 Å². The SMILES string of the molecule is CCCC1CCC2C(CCC3C2CCC2(C)C(CCC(C)C)CCC32)C1. The average molecular weight is 359 g/mol. The summed E-state index contributed by atoms with van der Waals surface area (Å²) in [7, 11) is 0. The van der Waals surface area contributed by atoms with Gasteiger partial charge in [0.2, 0.25) is 0 Å². The lowest BCUT2D eigenvalue weighted by Gasteiger charge is -2.56. The summed E-state index contributed by atoms with van der Waals surface area (Å²) < 4.78 is 0. The van der Waals surface area contributed by atoms with Gasteiger partial charge in [0.25, 0.3) is 0 Å². The largest absolute Gasteiger partial charge is 0.0654 e. The lowest BCUT2D eigenvalue weighted by atomic mass is 9.49. The second kappa shape index (κ2) is 7.79. The quantitative estimate of drug-likeness (QED) is 0.465. The smallest absolute Gasteiger partial charge is 0.0266 e. The molecule has 0 spiro atoms. The Kier molecular flexibility index (Phi) is 5.79. The Hall–Kier alpha value is 0. The van der Waals surface area contributed by atoms with E-state index in [0.717, 1.165) is 47.3 Å². The maximum atomic E-state index is 2.73. The third-order valence-corrected chi connectivity index (χ3v) is 10.0. The summed E-state index contributed by atoms with van der Waals surface area (Å²) in [4.78, 5) is 0. The van der Waals surface area contributed by atoms with E-state index in [-0.39, 0.29) is 0 Å². The van der Waals surface area contributed by atoms with E-state index < -0.39 is 0 Å². The Morgan fingerprint density at radius 1 is 0.846 bits per heavy atom. The fraction of sp³-hybridized carbons (Fsp3) is 1.00. The predicted octanol–water partition coefficient (Wildman–Crippen LogP) is 8.11. The van der Waals surface area contributed by atoms with Gasteiger partial charge in [-0.15, -0.1) is 0 Å². The molecule has 0 nitrogen and oxygen atoms in total. The second-order valence-corrected chi connectivity index (χ2v) is 11.7. The molecule has 0 amide bonds. The summed E-state index contributed by atoms with van der Waals surface area (Å²) in [5, 5.41) is 0. The number of fused-ring (bicyclic) bond motifs is 5. The van der Waals surface area contributed by atoms with Crippen molar-refractivity contribution in [1.82, 2.24) is 0 Å². The van der Waals surface area contributed by atoms with Gasteiger partial charge in [-0.2, -0.15) is 0 Å². The highest BCUT2D eigenvalue weighted by molar-refractivity contribution is 5.05. The molecule has 8 unspecified atom stereocenters. The minimum absolute atomic E-state index is 0.711. The molecule has 4 fully saturated rings. The van der Waals surface area contributed by atoms with Crippen LogP contribution in [0.15, 0.2) is 0 Å². The highest BCUT2D eigenvalue weighted by Gasteiger charge is 2.56. The summed E-state index contributed by atoms with van der Waals surface area (Å²) in [5.41, 5.74) is 0.711. The minimum Gasteiger partial charge on any atom is -0.0654 e. The number of hydrogen-bond acceptors (Lipinski definition) is 0. The molecule has 0 aromatic rings. The highest BCUT2D eigenvalue weighted by atomic mass is 14.6. The second-order valence-electron chi connectivity index (χ2n) is 11.7. The van der Waals surface area contributed by atoms with E-state index in [1.54, 1.807) is 57.8 Å². The normalized spacial score (nSPS) is 48.1. The van der Waals surface area contributed by atoms with Gasteiger partial charge in [-0.05, 0) is 111 Å². The zero-order chi connectivity index (χ0) is 18.3. The van der Waals surface area contributed by atoms with Gasteiger partial charge in [-0.1, -0.05) is 53.4 Å². The third-order valence-electron chi connectivity index (χ3n) is 10.0. The van der Waals surface area contributed by atoms with E-state index in [0.29, 0.717) is 5.41 Å². The molecule has 0 heteroatoms. The van der Waals surface area contributed by atoms with Crippen molar-refractivity contribution in [3.8, 4) is 0 Å². The molecule has 0 aromatic carbocycles. The zero-order valence-electron chi connectivity index (χ0n) is 18.3. The van der Waals surface area contributed by atoms with Crippen LogP contribution in [0.3, 0.4) is 0 Å². The molecular weight excluding hydrogens is 312 g/mol. The minimum atomic E-state index is 0.711. The van der Waals surface area contributed by atoms with Crippen molar-refractivity contribution in [2.24, 2.45) is 52.8 Å². The first-order valence-electron chi connectivity index (χ1n) is 12.5. The lowest BCUT2D eigenvalue weighted by molar-refractivity contribution is -0.0695. The van der Waals surface area contributed by atoms with E-state index >= 15 is 0 Å². The topological polar surface area (TPSA) is 0 Å². The molecule has 26 heavy (non-hydrogen) atoms. The van der Waals surface area contributed by atoms with Crippen molar-refractivity contribution < 1.29 is 0 Å². The summed E-state index contributed by atoms with van der Waals surface area (Å²) in [6, 6.07) is 0. The van der Waals surface area contributed by atoms with Gasteiger partial charge in [0.15, 0.2) is 0 Å². The molecule has 0 aliphatic heterocycles. The molecule has 0 aromatic heterocycles. The van der Waals surface area contributed by atoms with E-state index in [1.807, 2.05) is 0 Å². The van der Waals surface area contributed by atoms with Crippen LogP contribution in [0.2, 0.25) is 0 Å². The molecule has 0 saturated heterocycles. The van der Waals surface area contributed by atoms with Gasteiger partial charge in [-0.25, -0.2) is 0 Å². The summed E-state index contributed by atoms with van der Waals surface area (Å²) >= 11 is 0. The third kappa shape index (κ3) is 3.41. The Morgan fingerprint density at radius 3 is 2.42 bits per heavy atom. The summed E-state index contributed by atoms with van der Waals surface area (Å²) in [6.07, 6.45) is 20.2. The van der Waals surface area contributed by atoms with Gasteiger partial charge in [-0.3, -0.25) is 0 Å². The molecule has 4 aliphatic rings. The van der Waals surface area contributed by atoms with Crippen LogP contribution < -0.4 is 0 Å². The van der Waals surface area contributed by atoms with Gasteiger partial charge < -0.3 is 0 Å². The predicted molar refractivity (Wildman–Crippen MR) is 113 cm³/mol. The van der Waals surface area contributed by atoms with Crippen LogP contribution in [0.5, 0.6) is 0 Å². The van der Waals surface area contributed by atoms with Crippen LogP contribution >= 0.6 is 0 Å². The fourth-order valence-electron chi connectivity index (χ4n) is 8.74. The van der Waals surface area contributed by atoms with E-state index in [4.69, 9.17) is 0 Å². The van der Waals surface area contributed by atoms with E-state index in [9.17, 15) is 0 Å². The molecule has 0 N–H and O–H groups in total. The molecule has 0 heterocycles. The molecular formula is C26H46. The fourth-order valence-corrected chi connectivity index (χ4v) is 8.74. The Balaban J connectivity index is 1.43. The average Bonchev–Trinajstić information content (AvgIpc) is 2.96. The summed E-state index contributed by atoms with van der Waals surface area (Å²) in [5.74, 6) is 8.59.